The predicted octanol–water partition coefficient (Wildman–Crippen LogP) is 0.323. The molecule has 0 radical (unpaired) electrons. The van der Waals surface area contributed by atoms with Gasteiger partial charge < -0.3 is 14.7 Å². The van der Waals surface area contributed by atoms with Crippen molar-refractivity contribution in [2.75, 3.05) is 13.2 Å². The van der Waals surface area contributed by atoms with Gasteiger partial charge in [0.05, 0.1) is 22.5 Å². The van der Waals surface area contributed by atoms with E-state index in [0.717, 1.165) is 10.7 Å². The van der Waals surface area contributed by atoms with Crippen LogP contribution in [0.4, 0.5) is 0 Å². The van der Waals surface area contributed by atoms with Gasteiger partial charge in [0.2, 0.25) is 10.0 Å². The van der Waals surface area contributed by atoms with Crippen LogP contribution in [0.2, 0.25) is 0 Å². The van der Waals surface area contributed by atoms with Crippen molar-refractivity contribution in [3.05, 3.63) is 38.9 Å². The van der Waals surface area contributed by atoms with Crippen molar-refractivity contribution in [2.45, 2.75) is 37.1 Å². The Balaban J connectivity index is 2.04. The van der Waals surface area contributed by atoms with Gasteiger partial charge in [-0.05, 0) is 44.4 Å². The fraction of sp³-hybridized carbons (Fsp3) is 0.438. The summed E-state index contributed by atoms with van der Waals surface area (Å²) in [5, 5.41) is 0. The zero-order chi connectivity index (χ0) is 18.9. The third-order valence-corrected chi connectivity index (χ3v) is 6.22. The monoisotopic (exact) mass is 381 g/mol. The maximum Gasteiger partial charge on any atom is 0.324 e. The minimum atomic E-state index is -3.97. The number of sulfonamides is 1. The van der Waals surface area contributed by atoms with Crippen LogP contribution in [0.25, 0.3) is 11.0 Å². The number of ether oxygens (including phenoxy) is 1. The third kappa shape index (κ3) is 3.29. The molecule has 1 aromatic heterocycles. The molecule has 1 unspecified atom stereocenters. The van der Waals surface area contributed by atoms with E-state index in [2.05, 4.69) is 9.97 Å². The Morgan fingerprint density at radius 1 is 1.19 bits per heavy atom. The number of rotatable bonds is 4. The third-order valence-electron chi connectivity index (χ3n) is 4.31. The van der Waals surface area contributed by atoms with E-state index in [1.54, 1.807) is 6.92 Å². The Hall–Kier alpha value is -2.46. The average molecular weight is 381 g/mol. The molecule has 3 rings (SSSR count). The van der Waals surface area contributed by atoms with Crippen molar-refractivity contribution in [3.8, 4) is 0 Å². The Morgan fingerprint density at radius 3 is 2.58 bits per heavy atom. The number of piperidine rings is 1. The Kier molecular flexibility index (Phi) is 4.97. The second-order valence-corrected chi connectivity index (χ2v) is 7.89. The number of aromatic nitrogens is 2. The number of H-pyrrole nitrogens is 2. The van der Waals surface area contributed by atoms with Crippen molar-refractivity contribution in [1.29, 1.82) is 0 Å². The number of nitrogens with zero attached hydrogens (tertiary/aromatic N) is 1. The van der Waals surface area contributed by atoms with Crippen molar-refractivity contribution < 1.29 is 17.9 Å². The van der Waals surface area contributed by atoms with Crippen LogP contribution in [0.5, 0.6) is 0 Å². The second kappa shape index (κ2) is 7.04. The van der Waals surface area contributed by atoms with Gasteiger partial charge in [-0.3, -0.25) is 14.4 Å². The molecule has 2 N–H and O–H groups in total. The van der Waals surface area contributed by atoms with Gasteiger partial charge in [-0.1, -0.05) is 0 Å². The normalized spacial score (nSPS) is 18.7. The van der Waals surface area contributed by atoms with Crippen LogP contribution in [0.3, 0.4) is 0 Å². The lowest BCUT2D eigenvalue weighted by atomic mass is 10.1. The lowest BCUT2D eigenvalue weighted by molar-refractivity contribution is -0.148. The van der Waals surface area contributed by atoms with Gasteiger partial charge in [-0.25, -0.2) is 8.42 Å². The zero-order valence-corrected chi connectivity index (χ0v) is 15.0. The van der Waals surface area contributed by atoms with Gasteiger partial charge in [0.25, 0.3) is 0 Å². The fourth-order valence-electron chi connectivity index (χ4n) is 3.06. The number of hydrogen-bond donors (Lipinski definition) is 2. The Morgan fingerprint density at radius 2 is 1.88 bits per heavy atom. The average Bonchev–Trinajstić information content (AvgIpc) is 2.62. The molecule has 1 fully saturated rings. The SMILES string of the molecule is CCOC(=O)C1CCCCN1S(=O)(=O)c1ccc2[nH]c(=O)c(=O)[nH]c2c1. The first-order valence-corrected chi connectivity index (χ1v) is 9.73. The van der Waals surface area contributed by atoms with Gasteiger partial charge in [0.15, 0.2) is 0 Å². The molecule has 140 valence electrons. The first-order chi connectivity index (χ1) is 12.3. The molecule has 9 nitrogen and oxygen atoms in total. The number of aromatic amines is 2. The number of carbonyl (C=O) groups is 1. The van der Waals surface area contributed by atoms with Crippen molar-refractivity contribution in [1.82, 2.24) is 14.3 Å². The highest BCUT2D eigenvalue weighted by atomic mass is 32.2. The highest BCUT2D eigenvalue weighted by molar-refractivity contribution is 7.89. The molecule has 1 aromatic carbocycles. The summed E-state index contributed by atoms with van der Waals surface area (Å²) in [5.74, 6) is -0.561. The molecule has 26 heavy (non-hydrogen) atoms. The summed E-state index contributed by atoms with van der Waals surface area (Å²) in [7, 11) is -3.97. The summed E-state index contributed by atoms with van der Waals surface area (Å²) in [4.78, 5) is 39.7. The standard InChI is InChI=1S/C16H19N3O6S/c1-2-25-16(22)13-5-3-4-8-19(13)26(23,24)10-6-7-11-12(9-10)18-15(21)14(20)17-11/h6-7,9,13H,2-5,8H2,1H3,(H,17,20)(H,18,21). The van der Waals surface area contributed by atoms with Crippen LogP contribution in [0, 0.1) is 0 Å². The topological polar surface area (TPSA) is 129 Å². The van der Waals surface area contributed by atoms with Crippen molar-refractivity contribution in [3.63, 3.8) is 0 Å². The first-order valence-electron chi connectivity index (χ1n) is 8.29. The van der Waals surface area contributed by atoms with Crippen LogP contribution < -0.4 is 11.1 Å². The highest BCUT2D eigenvalue weighted by Crippen LogP contribution is 2.27. The summed E-state index contributed by atoms with van der Waals surface area (Å²) in [6, 6.07) is 3.16. The van der Waals surface area contributed by atoms with E-state index in [1.165, 1.54) is 18.2 Å². The number of nitrogens with one attached hydrogen (secondary N) is 2. The summed E-state index contributed by atoms with van der Waals surface area (Å²) in [5.41, 5.74) is -1.17. The molecule has 10 heteroatoms. The van der Waals surface area contributed by atoms with E-state index in [4.69, 9.17) is 4.74 Å². The van der Waals surface area contributed by atoms with E-state index in [9.17, 15) is 22.8 Å². The van der Waals surface area contributed by atoms with Gasteiger partial charge in [-0.2, -0.15) is 4.31 Å². The number of benzene rings is 1. The number of hydrogen-bond acceptors (Lipinski definition) is 6. The quantitative estimate of drug-likeness (QED) is 0.580. The van der Waals surface area contributed by atoms with Crippen LogP contribution in [-0.4, -0.2) is 47.9 Å². The summed E-state index contributed by atoms with van der Waals surface area (Å²) in [6.45, 7) is 2.06. The van der Waals surface area contributed by atoms with Crippen LogP contribution >= 0.6 is 0 Å². The first kappa shape index (κ1) is 18.3. The number of fused-ring (bicyclic) bond motifs is 1. The van der Waals surface area contributed by atoms with Crippen LogP contribution in [-0.2, 0) is 19.6 Å². The molecule has 1 saturated heterocycles. The van der Waals surface area contributed by atoms with E-state index < -0.39 is 33.2 Å². The summed E-state index contributed by atoms with van der Waals surface area (Å²) >= 11 is 0. The van der Waals surface area contributed by atoms with E-state index in [0.29, 0.717) is 18.4 Å². The summed E-state index contributed by atoms with van der Waals surface area (Å²) < 4.78 is 32.3. The number of esters is 1. The van der Waals surface area contributed by atoms with Crippen LogP contribution in [0.15, 0.2) is 32.7 Å². The molecule has 1 aliphatic rings. The van der Waals surface area contributed by atoms with Crippen molar-refractivity contribution >= 4 is 27.0 Å². The Labute approximate surface area is 149 Å². The van der Waals surface area contributed by atoms with E-state index >= 15 is 0 Å². The molecule has 0 aliphatic carbocycles. The molecule has 1 aliphatic heterocycles. The molecule has 2 aromatic rings. The molecule has 0 bridgehead atoms. The predicted molar refractivity (Wildman–Crippen MR) is 93.4 cm³/mol. The minimum absolute atomic E-state index is 0.0658. The molecule has 2 heterocycles. The maximum atomic E-state index is 13.1. The van der Waals surface area contributed by atoms with Gasteiger partial charge in [0, 0.05) is 6.54 Å². The second-order valence-electron chi connectivity index (χ2n) is 6.00. The maximum absolute atomic E-state index is 13.1. The lowest BCUT2D eigenvalue weighted by Gasteiger charge is -2.32. The fourth-order valence-corrected chi connectivity index (χ4v) is 4.73. The number of carbonyl (C=O) groups excluding carboxylic acids is 1. The lowest BCUT2D eigenvalue weighted by Crippen LogP contribution is -2.48. The highest BCUT2D eigenvalue weighted by Gasteiger charge is 2.38. The molecular weight excluding hydrogens is 362 g/mol. The molecule has 0 amide bonds. The molecule has 0 spiro atoms. The van der Waals surface area contributed by atoms with Crippen molar-refractivity contribution in [2.24, 2.45) is 0 Å². The van der Waals surface area contributed by atoms with Gasteiger partial charge in [0.1, 0.15) is 6.04 Å². The smallest absolute Gasteiger partial charge is 0.324 e. The van der Waals surface area contributed by atoms with Crippen LogP contribution in [0.1, 0.15) is 26.2 Å². The molecule has 1 atom stereocenters. The van der Waals surface area contributed by atoms with Gasteiger partial charge in [-0.15, -0.1) is 0 Å². The minimum Gasteiger partial charge on any atom is -0.465 e. The zero-order valence-electron chi connectivity index (χ0n) is 14.1. The largest absolute Gasteiger partial charge is 0.465 e. The van der Waals surface area contributed by atoms with Gasteiger partial charge >= 0.3 is 17.1 Å². The molecule has 0 saturated carbocycles. The summed E-state index contributed by atoms with van der Waals surface area (Å²) in [6.07, 6.45) is 1.78. The van der Waals surface area contributed by atoms with E-state index in [-0.39, 0.29) is 23.6 Å². The molecular formula is C16H19N3O6S. The van der Waals surface area contributed by atoms with E-state index in [1.807, 2.05) is 0 Å². The Bertz CT molecular complexity index is 1060.